The summed E-state index contributed by atoms with van der Waals surface area (Å²) in [6.07, 6.45) is 0. The van der Waals surface area contributed by atoms with E-state index in [0.717, 1.165) is 33.3 Å². The predicted octanol–water partition coefficient (Wildman–Crippen LogP) is 11.2. The van der Waals surface area contributed by atoms with Crippen molar-refractivity contribution in [2.45, 2.75) is 0 Å². The van der Waals surface area contributed by atoms with Crippen LogP contribution in [-0.4, -0.2) is 17.2 Å². The second-order valence-corrected chi connectivity index (χ2v) is 19.0. The highest BCUT2D eigenvalue weighted by Crippen LogP contribution is 2.38. The van der Waals surface area contributed by atoms with Gasteiger partial charge in [-0.3, -0.25) is 0 Å². The number of benzene rings is 9. The van der Waals surface area contributed by atoms with E-state index in [-0.39, 0.29) is 0 Å². The fourth-order valence-corrected chi connectivity index (χ4v) is 14.9. The van der Waals surface area contributed by atoms with E-state index < -0.39 is 8.07 Å². The fraction of sp³-hybridized carbons (Fsp3) is 0. The van der Waals surface area contributed by atoms with E-state index in [1.165, 1.54) is 64.4 Å². The molecule has 0 radical (unpaired) electrons. The number of hydrogen-bond donors (Lipinski definition) is 0. The van der Waals surface area contributed by atoms with Crippen LogP contribution in [0.5, 0.6) is 0 Å². The Hall–Kier alpha value is -7.40. The molecule has 0 atom stereocenters. The molecule has 0 saturated heterocycles. The zero-order valence-corrected chi connectivity index (χ0v) is 32.6. The molecule has 0 N–H and O–H groups in total. The minimum atomic E-state index is -2.84. The van der Waals surface area contributed by atoms with Crippen LogP contribution in [0.4, 0.5) is 0 Å². The molecule has 4 heteroatoms. The molecular formula is C54H36N2OSi. The van der Waals surface area contributed by atoms with E-state index >= 15 is 0 Å². The summed E-state index contributed by atoms with van der Waals surface area (Å²) in [5.74, 6) is 0. The van der Waals surface area contributed by atoms with Crippen LogP contribution in [0.3, 0.4) is 0 Å². The molecular weight excluding hydrogens is 721 g/mol. The van der Waals surface area contributed by atoms with Gasteiger partial charge in [0.25, 0.3) is 0 Å². The predicted molar refractivity (Wildman–Crippen MR) is 246 cm³/mol. The summed E-state index contributed by atoms with van der Waals surface area (Å²) >= 11 is 0. The van der Waals surface area contributed by atoms with Gasteiger partial charge in [0, 0.05) is 43.7 Å². The van der Waals surface area contributed by atoms with Crippen molar-refractivity contribution in [3.05, 3.63) is 218 Å². The Morgan fingerprint density at radius 1 is 0.310 bits per heavy atom. The third-order valence-corrected chi connectivity index (χ3v) is 17.1. The Morgan fingerprint density at radius 2 is 0.776 bits per heavy atom. The molecule has 0 aliphatic rings. The maximum absolute atomic E-state index is 6.22. The molecule has 0 aliphatic heterocycles. The number of fused-ring (bicyclic) bond motifs is 9. The first-order valence-electron chi connectivity index (χ1n) is 19.9. The van der Waals surface area contributed by atoms with E-state index in [9.17, 15) is 0 Å². The molecule has 12 aromatic rings. The van der Waals surface area contributed by atoms with Gasteiger partial charge in [0.15, 0.2) is 8.07 Å². The monoisotopic (exact) mass is 756 g/mol. The number of hydrogen-bond acceptors (Lipinski definition) is 1. The molecule has 0 bridgehead atoms. The maximum atomic E-state index is 6.22. The van der Waals surface area contributed by atoms with Crippen molar-refractivity contribution in [3.8, 4) is 11.4 Å². The summed E-state index contributed by atoms with van der Waals surface area (Å²) in [7, 11) is -2.84. The Kier molecular flexibility index (Phi) is 7.25. The van der Waals surface area contributed by atoms with E-state index in [4.69, 9.17) is 4.42 Å². The third-order valence-electron chi connectivity index (χ3n) is 12.3. The molecule has 272 valence electrons. The topological polar surface area (TPSA) is 23.0 Å². The summed E-state index contributed by atoms with van der Waals surface area (Å²) < 4.78 is 11.1. The van der Waals surface area contributed by atoms with Crippen molar-refractivity contribution in [1.29, 1.82) is 0 Å². The Labute approximate surface area is 336 Å². The largest absolute Gasteiger partial charge is 0.456 e. The quantitative estimate of drug-likeness (QED) is 0.122. The minimum Gasteiger partial charge on any atom is -0.456 e. The summed E-state index contributed by atoms with van der Waals surface area (Å²) in [5, 5.41) is 12.8. The maximum Gasteiger partial charge on any atom is 0.180 e. The van der Waals surface area contributed by atoms with Crippen LogP contribution < -0.4 is 20.7 Å². The van der Waals surface area contributed by atoms with E-state index in [1.807, 2.05) is 12.1 Å². The van der Waals surface area contributed by atoms with Gasteiger partial charge in [-0.25, -0.2) is 0 Å². The highest BCUT2D eigenvalue weighted by molar-refractivity contribution is 7.20. The Balaban J connectivity index is 1.14. The smallest absolute Gasteiger partial charge is 0.180 e. The van der Waals surface area contributed by atoms with Crippen LogP contribution in [-0.2, 0) is 0 Å². The van der Waals surface area contributed by atoms with Crippen LogP contribution in [0.15, 0.2) is 223 Å². The molecule has 0 saturated carbocycles. The van der Waals surface area contributed by atoms with Crippen LogP contribution >= 0.6 is 0 Å². The SMILES string of the molecule is c1ccc([Si](c2ccccc2)(c2ccccc2)c2cccc3c2c2ccccc2n3-c2ccc3c(c2)c2ccccc2n3-c2ccc3oc4ccccc4c3c2)cc1. The van der Waals surface area contributed by atoms with Gasteiger partial charge in [-0.2, -0.15) is 0 Å². The standard InChI is InChI=1S/C54H36N2OSi/c1-4-17-39(18-5-1)58(40-19-6-2-7-20-40,41-21-8-3-9-22-41)53-30-16-28-50-54(53)44-25-11-14-27-48(44)56(50)37-31-33-49-45(35-37)42-23-10-13-26-47(42)55(49)38-32-34-52-46(36-38)43-24-12-15-29-51(43)57-52/h1-36H. The summed E-state index contributed by atoms with van der Waals surface area (Å²) in [6, 6.07) is 80.3. The van der Waals surface area contributed by atoms with Gasteiger partial charge in [0.05, 0.1) is 22.1 Å². The van der Waals surface area contributed by atoms with Crippen LogP contribution in [0, 0.1) is 0 Å². The van der Waals surface area contributed by atoms with Crippen molar-refractivity contribution < 1.29 is 4.42 Å². The lowest BCUT2D eigenvalue weighted by atomic mass is 10.1. The zero-order chi connectivity index (χ0) is 38.2. The zero-order valence-electron chi connectivity index (χ0n) is 31.6. The lowest BCUT2D eigenvalue weighted by molar-refractivity contribution is 0.669. The molecule has 3 nitrogen and oxygen atoms in total. The first-order valence-corrected chi connectivity index (χ1v) is 21.9. The highest BCUT2D eigenvalue weighted by atomic mass is 28.3. The van der Waals surface area contributed by atoms with Gasteiger partial charge in [-0.15, -0.1) is 0 Å². The van der Waals surface area contributed by atoms with Crippen molar-refractivity contribution >= 4 is 94.4 Å². The van der Waals surface area contributed by atoms with Gasteiger partial charge in [-0.1, -0.05) is 158 Å². The molecule has 3 aromatic heterocycles. The Bertz CT molecular complexity index is 3410. The van der Waals surface area contributed by atoms with Crippen LogP contribution in [0.1, 0.15) is 0 Å². The van der Waals surface area contributed by atoms with Gasteiger partial charge in [0.1, 0.15) is 11.2 Å². The fourth-order valence-electron chi connectivity index (χ4n) is 9.87. The molecule has 0 fully saturated rings. The molecule has 9 aromatic carbocycles. The van der Waals surface area contributed by atoms with Crippen molar-refractivity contribution in [3.63, 3.8) is 0 Å². The summed E-state index contributed by atoms with van der Waals surface area (Å²) in [4.78, 5) is 0. The molecule has 0 unspecified atom stereocenters. The highest BCUT2D eigenvalue weighted by Gasteiger charge is 2.43. The minimum absolute atomic E-state index is 0.901. The second kappa shape index (κ2) is 12.8. The van der Waals surface area contributed by atoms with E-state index in [0.29, 0.717) is 0 Å². The van der Waals surface area contributed by atoms with E-state index in [2.05, 4.69) is 215 Å². The molecule has 12 rings (SSSR count). The average Bonchev–Trinajstić information content (AvgIpc) is 3.95. The normalized spacial score (nSPS) is 12.1. The third kappa shape index (κ3) is 4.67. The molecule has 0 amide bonds. The first-order chi connectivity index (χ1) is 28.8. The number of aromatic nitrogens is 2. The van der Waals surface area contributed by atoms with Crippen molar-refractivity contribution in [1.82, 2.24) is 9.13 Å². The lowest BCUT2D eigenvalue weighted by Gasteiger charge is -2.35. The summed E-state index contributed by atoms with van der Waals surface area (Å²) in [5.41, 5.74) is 8.81. The molecule has 0 spiro atoms. The van der Waals surface area contributed by atoms with Crippen molar-refractivity contribution in [2.24, 2.45) is 0 Å². The number of rotatable bonds is 6. The number of nitrogens with zero attached hydrogens (tertiary/aromatic N) is 2. The Morgan fingerprint density at radius 3 is 1.45 bits per heavy atom. The van der Waals surface area contributed by atoms with Gasteiger partial charge < -0.3 is 13.6 Å². The summed E-state index contributed by atoms with van der Waals surface area (Å²) in [6.45, 7) is 0. The van der Waals surface area contributed by atoms with Crippen LogP contribution in [0.2, 0.25) is 0 Å². The van der Waals surface area contributed by atoms with Gasteiger partial charge in [0.2, 0.25) is 0 Å². The lowest BCUT2D eigenvalue weighted by Crippen LogP contribution is -2.74. The van der Waals surface area contributed by atoms with Crippen molar-refractivity contribution in [2.75, 3.05) is 0 Å². The average molecular weight is 757 g/mol. The number of furan rings is 1. The van der Waals surface area contributed by atoms with Gasteiger partial charge in [-0.05, 0) is 81.4 Å². The first kappa shape index (κ1) is 32.8. The van der Waals surface area contributed by atoms with E-state index in [1.54, 1.807) is 0 Å². The van der Waals surface area contributed by atoms with Crippen LogP contribution in [0.25, 0.3) is 76.9 Å². The van der Waals surface area contributed by atoms with Gasteiger partial charge >= 0.3 is 0 Å². The second-order valence-electron chi connectivity index (χ2n) is 15.2. The number of para-hydroxylation sites is 3. The molecule has 0 aliphatic carbocycles. The molecule has 3 heterocycles. The molecule has 58 heavy (non-hydrogen) atoms.